The average Bonchev–Trinajstić information content (AvgIpc) is 3.04. The zero-order valence-corrected chi connectivity index (χ0v) is 17.7. The molecule has 0 saturated carbocycles. The van der Waals surface area contributed by atoms with Crippen LogP contribution in [-0.4, -0.2) is 11.8 Å². The Morgan fingerprint density at radius 3 is 1.91 bits per heavy atom. The molecule has 1 aliphatic heterocycles. The molecule has 8 rings (SSSR count). The van der Waals surface area contributed by atoms with Gasteiger partial charge < -0.3 is 0 Å². The lowest BCUT2D eigenvalue weighted by Crippen LogP contribution is -2.49. The van der Waals surface area contributed by atoms with Crippen molar-refractivity contribution in [2.75, 3.05) is 4.90 Å². The second-order valence-electron chi connectivity index (χ2n) is 9.44. The van der Waals surface area contributed by atoms with Crippen LogP contribution in [0.1, 0.15) is 41.0 Å². The molecule has 3 heteroatoms. The van der Waals surface area contributed by atoms with E-state index in [0.29, 0.717) is 5.69 Å². The number of rotatable bonds is 1. The van der Waals surface area contributed by atoms with Gasteiger partial charge in [-0.25, -0.2) is 4.90 Å². The van der Waals surface area contributed by atoms with Crippen molar-refractivity contribution in [3.63, 3.8) is 0 Å². The first-order valence-electron chi connectivity index (χ1n) is 11.2. The van der Waals surface area contributed by atoms with Crippen LogP contribution in [0.5, 0.6) is 0 Å². The quantitative estimate of drug-likeness (QED) is 0.378. The molecule has 154 valence electrons. The molecule has 2 bridgehead atoms. The minimum absolute atomic E-state index is 0.0770. The van der Waals surface area contributed by atoms with Gasteiger partial charge in [-0.05, 0) is 52.1 Å². The topological polar surface area (TPSA) is 37.4 Å². The molecule has 2 amide bonds. The highest BCUT2D eigenvalue weighted by atomic mass is 16.2. The Morgan fingerprint density at radius 1 is 0.688 bits per heavy atom. The van der Waals surface area contributed by atoms with Crippen LogP contribution in [0.2, 0.25) is 0 Å². The predicted octanol–water partition coefficient (Wildman–Crippen LogP) is 5.63. The number of hydrogen-bond acceptors (Lipinski definition) is 2. The van der Waals surface area contributed by atoms with Crippen LogP contribution in [0.15, 0.2) is 91.0 Å². The Morgan fingerprint density at radius 2 is 1.25 bits per heavy atom. The standard InChI is InChI=1S/C29H21NO2/c1-29-25-22-12-6-4-10-20(22)24(21-11-5-7-13-23(21)25)26(29)27(31)30(28(29)32)19-15-14-17-8-2-3-9-18(17)16-19/h2-16,24-26H,1H3. The summed E-state index contributed by atoms with van der Waals surface area (Å²) in [5.41, 5.74) is 4.64. The molecule has 0 radical (unpaired) electrons. The summed E-state index contributed by atoms with van der Waals surface area (Å²) in [6.45, 7) is 2.02. The monoisotopic (exact) mass is 415 g/mol. The van der Waals surface area contributed by atoms with Crippen molar-refractivity contribution in [3.8, 4) is 0 Å². The average molecular weight is 415 g/mol. The van der Waals surface area contributed by atoms with Gasteiger partial charge in [0.15, 0.2) is 0 Å². The summed E-state index contributed by atoms with van der Waals surface area (Å²) < 4.78 is 0. The van der Waals surface area contributed by atoms with Crippen molar-refractivity contribution in [2.24, 2.45) is 11.3 Å². The molecule has 0 aromatic heterocycles. The Labute approximate surface area is 186 Å². The number of imide groups is 1. The largest absolute Gasteiger partial charge is 0.274 e. The van der Waals surface area contributed by atoms with E-state index in [2.05, 4.69) is 24.3 Å². The van der Waals surface area contributed by atoms with Gasteiger partial charge >= 0.3 is 0 Å². The molecule has 3 nitrogen and oxygen atoms in total. The van der Waals surface area contributed by atoms with Crippen LogP contribution in [-0.2, 0) is 9.59 Å². The first-order chi connectivity index (χ1) is 15.6. The minimum atomic E-state index is -0.796. The zero-order valence-electron chi connectivity index (χ0n) is 17.7. The maximum absolute atomic E-state index is 14.1. The summed E-state index contributed by atoms with van der Waals surface area (Å²) in [5.74, 6) is -0.768. The van der Waals surface area contributed by atoms with Gasteiger partial charge in [0, 0.05) is 11.8 Å². The zero-order chi connectivity index (χ0) is 21.6. The third kappa shape index (κ3) is 1.97. The number of hydrogen-bond donors (Lipinski definition) is 0. The Hall–Kier alpha value is -3.72. The number of nitrogens with zero attached hydrogens (tertiary/aromatic N) is 1. The molecule has 1 heterocycles. The number of carbonyl (C=O) groups excluding carboxylic acids is 2. The number of carbonyl (C=O) groups is 2. The molecule has 3 aliphatic carbocycles. The maximum Gasteiger partial charge on any atom is 0.241 e. The Bertz CT molecular complexity index is 1420. The highest BCUT2D eigenvalue weighted by Crippen LogP contribution is 2.67. The van der Waals surface area contributed by atoms with Crippen LogP contribution in [0.4, 0.5) is 5.69 Å². The van der Waals surface area contributed by atoms with Crippen LogP contribution in [0, 0.1) is 11.3 Å². The van der Waals surface area contributed by atoms with Crippen LogP contribution >= 0.6 is 0 Å². The summed E-state index contributed by atoms with van der Waals surface area (Å²) in [6.07, 6.45) is 0. The van der Waals surface area contributed by atoms with E-state index in [1.54, 1.807) is 0 Å². The molecule has 4 aromatic carbocycles. The molecule has 0 N–H and O–H groups in total. The third-order valence-electron chi connectivity index (χ3n) is 8.00. The van der Waals surface area contributed by atoms with E-state index in [0.717, 1.165) is 10.8 Å². The van der Waals surface area contributed by atoms with Crippen molar-refractivity contribution in [1.82, 2.24) is 0 Å². The normalized spacial score (nSPS) is 27.4. The fourth-order valence-corrected chi connectivity index (χ4v) is 6.68. The van der Waals surface area contributed by atoms with Gasteiger partial charge in [-0.15, -0.1) is 0 Å². The van der Waals surface area contributed by atoms with Crippen LogP contribution in [0.25, 0.3) is 10.8 Å². The summed E-state index contributed by atoms with van der Waals surface area (Å²) >= 11 is 0. The predicted molar refractivity (Wildman–Crippen MR) is 125 cm³/mol. The summed E-state index contributed by atoms with van der Waals surface area (Å²) in [7, 11) is 0. The van der Waals surface area contributed by atoms with Gasteiger partial charge in [0.05, 0.1) is 17.0 Å². The van der Waals surface area contributed by atoms with E-state index < -0.39 is 11.3 Å². The van der Waals surface area contributed by atoms with E-state index in [-0.39, 0.29) is 23.7 Å². The van der Waals surface area contributed by atoms with Gasteiger partial charge in [-0.3, -0.25) is 9.59 Å². The highest BCUT2D eigenvalue weighted by Gasteiger charge is 2.68. The fraction of sp³-hybridized carbons (Fsp3) is 0.172. The molecule has 2 unspecified atom stereocenters. The molecule has 1 fully saturated rings. The molecule has 4 aliphatic rings. The van der Waals surface area contributed by atoms with Crippen molar-refractivity contribution < 1.29 is 9.59 Å². The summed E-state index contributed by atoms with van der Waals surface area (Å²) in [6, 6.07) is 30.6. The lowest BCUT2D eigenvalue weighted by Gasteiger charge is -2.51. The SMILES string of the molecule is CC12C(=O)N(c3ccc4ccccc4c3)C(=O)C1C1c3ccccc3C2c2ccccc21. The fourth-order valence-electron chi connectivity index (χ4n) is 6.68. The second-order valence-corrected chi connectivity index (χ2v) is 9.44. The van der Waals surface area contributed by atoms with Gasteiger partial charge in [0.2, 0.25) is 11.8 Å². The first kappa shape index (κ1) is 17.9. The molecule has 0 spiro atoms. The molecule has 1 saturated heterocycles. The molecular formula is C29H21NO2. The van der Waals surface area contributed by atoms with Crippen molar-refractivity contribution in [2.45, 2.75) is 18.8 Å². The van der Waals surface area contributed by atoms with Gasteiger partial charge in [-0.1, -0.05) is 78.9 Å². The highest BCUT2D eigenvalue weighted by molar-refractivity contribution is 6.25. The smallest absolute Gasteiger partial charge is 0.241 e. The summed E-state index contributed by atoms with van der Waals surface area (Å²) in [5, 5.41) is 2.12. The number of amides is 2. The van der Waals surface area contributed by atoms with E-state index in [1.165, 1.54) is 27.2 Å². The third-order valence-corrected chi connectivity index (χ3v) is 8.00. The van der Waals surface area contributed by atoms with Crippen molar-refractivity contribution >= 4 is 28.3 Å². The van der Waals surface area contributed by atoms with Crippen molar-refractivity contribution in [3.05, 3.63) is 113 Å². The van der Waals surface area contributed by atoms with Crippen LogP contribution in [0.3, 0.4) is 0 Å². The van der Waals surface area contributed by atoms with E-state index in [1.807, 2.05) is 73.7 Å². The second kappa shape index (κ2) is 5.95. The lowest BCUT2D eigenvalue weighted by molar-refractivity contribution is -0.128. The maximum atomic E-state index is 14.1. The van der Waals surface area contributed by atoms with E-state index in [9.17, 15) is 9.59 Å². The number of benzene rings is 4. The molecule has 32 heavy (non-hydrogen) atoms. The number of anilines is 1. The molecule has 4 aromatic rings. The van der Waals surface area contributed by atoms with Gasteiger partial charge in [0.25, 0.3) is 0 Å². The van der Waals surface area contributed by atoms with Crippen LogP contribution < -0.4 is 4.90 Å². The first-order valence-corrected chi connectivity index (χ1v) is 11.2. The molecule has 2 atom stereocenters. The van der Waals surface area contributed by atoms with Crippen molar-refractivity contribution in [1.29, 1.82) is 0 Å². The minimum Gasteiger partial charge on any atom is -0.274 e. The Balaban J connectivity index is 1.46. The molecular weight excluding hydrogens is 394 g/mol. The van der Waals surface area contributed by atoms with E-state index >= 15 is 0 Å². The summed E-state index contributed by atoms with van der Waals surface area (Å²) in [4.78, 5) is 29.6. The van der Waals surface area contributed by atoms with Gasteiger partial charge in [0.1, 0.15) is 0 Å². The van der Waals surface area contributed by atoms with Gasteiger partial charge in [-0.2, -0.15) is 0 Å². The number of fused-ring (bicyclic) bond motifs is 1. The van der Waals surface area contributed by atoms with E-state index in [4.69, 9.17) is 0 Å². The Kier molecular flexibility index (Phi) is 3.33. The lowest BCUT2D eigenvalue weighted by atomic mass is 9.48.